The Bertz CT molecular complexity index is 847. The first-order chi connectivity index (χ1) is 11.7. The van der Waals surface area contributed by atoms with Crippen molar-refractivity contribution < 1.29 is 26.0 Å². The molecule has 0 aromatic heterocycles. The normalized spacial score (nSPS) is 24.0. The van der Waals surface area contributed by atoms with Gasteiger partial charge in [0, 0.05) is 13.1 Å². The Morgan fingerprint density at radius 2 is 1.88 bits per heavy atom. The lowest BCUT2D eigenvalue weighted by Gasteiger charge is -2.23. The van der Waals surface area contributed by atoms with E-state index >= 15 is 0 Å². The third kappa shape index (κ3) is 3.98. The third-order valence-electron chi connectivity index (χ3n) is 4.90. The molecule has 140 valence electrons. The van der Waals surface area contributed by atoms with Gasteiger partial charge < -0.3 is 4.74 Å². The highest BCUT2D eigenvalue weighted by atomic mass is 32.2. The van der Waals surface area contributed by atoms with Crippen molar-refractivity contribution in [3.63, 3.8) is 0 Å². The molecule has 1 heterocycles. The first-order valence-electron chi connectivity index (χ1n) is 8.34. The molecule has 1 atom stereocenters. The first kappa shape index (κ1) is 18.6. The van der Waals surface area contributed by atoms with Gasteiger partial charge in [-0.3, -0.25) is 0 Å². The third-order valence-corrected chi connectivity index (χ3v) is 8.56. The Labute approximate surface area is 147 Å². The minimum Gasteiger partial charge on any atom is -0.487 e. The van der Waals surface area contributed by atoms with Gasteiger partial charge in [0.15, 0.2) is 21.4 Å². The van der Waals surface area contributed by atoms with Crippen molar-refractivity contribution in [2.45, 2.75) is 49.1 Å². The number of hydrogen-bond donors (Lipinski definition) is 0. The molecule has 0 bridgehead atoms. The lowest BCUT2D eigenvalue weighted by atomic mass is 10.3. The Morgan fingerprint density at radius 1 is 1.20 bits per heavy atom. The van der Waals surface area contributed by atoms with Crippen LogP contribution in [0.1, 0.15) is 32.1 Å². The molecule has 0 radical (unpaired) electrons. The van der Waals surface area contributed by atoms with Crippen molar-refractivity contribution in [3.8, 4) is 5.75 Å². The standard InChI is InChI=1S/C16H22FNO5S2/c1-18(12-8-9-24(19,20)11-12)25(21,22)14-6-7-16(15(17)10-14)23-13-4-2-3-5-13/h6-7,10,12-13H,2-5,8-9,11H2,1H3. The molecule has 0 amide bonds. The van der Waals surface area contributed by atoms with Gasteiger partial charge >= 0.3 is 0 Å². The topological polar surface area (TPSA) is 80.8 Å². The average molecular weight is 391 g/mol. The number of sulfone groups is 1. The van der Waals surface area contributed by atoms with Gasteiger partial charge in [-0.1, -0.05) is 0 Å². The highest BCUT2D eigenvalue weighted by Gasteiger charge is 2.36. The summed E-state index contributed by atoms with van der Waals surface area (Å²) in [4.78, 5) is -0.199. The van der Waals surface area contributed by atoms with Gasteiger partial charge in [0.2, 0.25) is 10.0 Å². The number of rotatable bonds is 5. The van der Waals surface area contributed by atoms with Crippen molar-refractivity contribution in [3.05, 3.63) is 24.0 Å². The van der Waals surface area contributed by atoms with Crippen LogP contribution in [0.4, 0.5) is 4.39 Å². The monoisotopic (exact) mass is 391 g/mol. The smallest absolute Gasteiger partial charge is 0.243 e. The number of ether oxygens (including phenoxy) is 1. The summed E-state index contributed by atoms with van der Waals surface area (Å²) in [6.45, 7) is 0. The summed E-state index contributed by atoms with van der Waals surface area (Å²) in [5.41, 5.74) is 0. The van der Waals surface area contributed by atoms with Crippen molar-refractivity contribution in [2.75, 3.05) is 18.6 Å². The number of nitrogens with zero attached hydrogens (tertiary/aromatic N) is 1. The number of hydrogen-bond acceptors (Lipinski definition) is 5. The molecule has 2 aliphatic rings. The Hall–Kier alpha value is -1.19. The largest absolute Gasteiger partial charge is 0.487 e. The summed E-state index contributed by atoms with van der Waals surface area (Å²) >= 11 is 0. The van der Waals surface area contributed by atoms with Crippen molar-refractivity contribution in [2.24, 2.45) is 0 Å². The maximum atomic E-state index is 14.3. The van der Waals surface area contributed by atoms with E-state index in [-0.39, 0.29) is 34.7 Å². The van der Waals surface area contributed by atoms with Crippen molar-refractivity contribution in [1.82, 2.24) is 4.31 Å². The highest BCUT2D eigenvalue weighted by molar-refractivity contribution is 7.92. The van der Waals surface area contributed by atoms with Crippen LogP contribution in [-0.2, 0) is 19.9 Å². The zero-order valence-corrected chi connectivity index (χ0v) is 15.7. The van der Waals surface area contributed by atoms with E-state index in [9.17, 15) is 21.2 Å². The summed E-state index contributed by atoms with van der Waals surface area (Å²) in [5.74, 6) is -0.897. The molecule has 2 fully saturated rings. The predicted molar refractivity (Wildman–Crippen MR) is 91.3 cm³/mol. The fourth-order valence-corrected chi connectivity index (χ4v) is 6.61. The minimum absolute atomic E-state index is 0.0247. The lowest BCUT2D eigenvalue weighted by Crippen LogP contribution is -2.37. The number of sulfonamides is 1. The fraction of sp³-hybridized carbons (Fsp3) is 0.625. The van der Waals surface area contributed by atoms with E-state index in [2.05, 4.69) is 0 Å². The van der Waals surface area contributed by atoms with Crippen LogP contribution in [0.3, 0.4) is 0 Å². The van der Waals surface area contributed by atoms with E-state index in [0.29, 0.717) is 0 Å². The Balaban J connectivity index is 1.79. The molecular formula is C16H22FNO5S2. The zero-order chi connectivity index (χ0) is 18.2. The minimum atomic E-state index is -3.97. The molecule has 1 aliphatic carbocycles. The van der Waals surface area contributed by atoms with E-state index in [1.165, 1.54) is 19.2 Å². The maximum absolute atomic E-state index is 14.3. The molecule has 0 N–H and O–H groups in total. The van der Waals surface area contributed by atoms with Crippen LogP contribution in [0.2, 0.25) is 0 Å². The lowest BCUT2D eigenvalue weighted by molar-refractivity contribution is 0.200. The average Bonchev–Trinajstić information content (AvgIpc) is 3.17. The van der Waals surface area contributed by atoms with E-state index in [1.807, 2.05) is 0 Å². The van der Waals surface area contributed by atoms with Gasteiger partial charge in [0.25, 0.3) is 0 Å². The molecule has 1 aliphatic heterocycles. The SMILES string of the molecule is CN(C1CCS(=O)(=O)C1)S(=O)(=O)c1ccc(OC2CCCC2)c(F)c1. The molecule has 25 heavy (non-hydrogen) atoms. The van der Waals surface area contributed by atoms with Gasteiger partial charge in [0.05, 0.1) is 22.5 Å². The van der Waals surface area contributed by atoms with Crippen LogP contribution in [0.5, 0.6) is 5.75 Å². The number of halogens is 1. The van der Waals surface area contributed by atoms with Crippen LogP contribution in [0, 0.1) is 5.82 Å². The van der Waals surface area contributed by atoms with Gasteiger partial charge in [0.1, 0.15) is 0 Å². The van der Waals surface area contributed by atoms with Gasteiger partial charge in [-0.05, 0) is 50.3 Å². The van der Waals surface area contributed by atoms with Gasteiger partial charge in [-0.2, -0.15) is 4.31 Å². The molecule has 0 spiro atoms. The van der Waals surface area contributed by atoms with Crippen LogP contribution >= 0.6 is 0 Å². The molecule has 1 saturated carbocycles. The molecule has 1 saturated heterocycles. The summed E-state index contributed by atoms with van der Waals surface area (Å²) in [7, 11) is -5.84. The molecule has 1 aromatic carbocycles. The quantitative estimate of drug-likeness (QED) is 0.766. The van der Waals surface area contributed by atoms with Crippen LogP contribution in [-0.4, -0.2) is 51.8 Å². The second-order valence-corrected chi connectivity index (χ2v) is 10.9. The van der Waals surface area contributed by atoms with Crippen molar-refractivity contribution >= 4 is 19.9 Å². The first-order valence-corrected chi connectivity index (χ1v) is 11.6. The maximum Gasteiger partial charge on any atom is 0.243 e. The van der Waals surface area contributed by atoms with E-state index in [4.69, 9.17) is 4.74 Å². The number of benzene rings is 1. The molecule has 1 aromatic rings. The van der Waals surface area contributed by atoms with Crippen LogP contribution < -0.4 is 4.74 Å². The predicted octanol–water partition coefficient (Wildman–Crippen LogP) is 1.95. The second kappa shape index (κ2) is 6.85. The summed E-state index contributed by atoms with van der Waals surface area (Å²) in [5, 5.41) is 0. The summed E-state index contributed by atoms with van der Waals surface area (Å²) in [6, 6.07) is 2.97. The van der Waals surface area contributed by atoms with E-state index in [1.54, 1.807) is 0 Å². The van der Waals surface area contributed by atoms with E-state index in [0.717, 1.165) is 36.1 Å². The molecule has 6 nitrogen and oxygen atoms in total. The van der Waals surface area contributed by atoms with Crippen LogP contribution in [0.15, 0.2) is 23.1 Å². The Kier molecular flexibility index (Phi) is 5.09. The molecule has 1 unspecified atom stereocenters. The van der Waals surface area contributed by atoms with Crippen LogP contribution in [0.25, 0.3) is 0 Å². The summed E-state index contributed by atoms with van der Waals surface area (Å²) in [6.07, 6.45) is 4.07. The molecule has 9 heteroatoms. The summed E-state index contributed by atoms with van der Waals surface area (Å²) < 4.78 is 69.4. The fourth-order valence-electron chi connectivity index (χ4n) is 3.35. The molecule has 3 rings (SSSR count). The second-order valence-electron chi connectivity index (χ2n) is 6.69. The highest BCUT2D eigenvalue weighted by Crippen LogP contribution is 2.29. The zero-order valence-electron chi connectivity index (χ0n) is 14.0. The van der Waals surface area contributed by atoms with Crippen molar-refractivity contribution in [1.29, 1.82) is 0 Å². The van der Waals surface area contributed by atoms with Gasteiger partial charge in [-0.15, -0.1) is 0 Å². The van der Waals surface area contributed by atoms with E-state index < -0.39 is 31.7 Å². The Morgan fingerprint density at radius 3 is 2.44 bits per heavy atom. The van der Waals surface area contributed by atoms with Gasteiger partial charge in [-0.25, -0.2) is 21.2 Å². The molecular weight excluding hydrogens is 369 g/mol.